The van der Waals surface area contributed by atoms with Crippen LogP contribution in [0.15, 0.2) is 18.2 Å². The van der Waals surface area contributed by atoms with Crippen molar-refractivity contribution in [3.63, 3.8) is 0 Å². The summed E-state index contributed by atoms with van der Waals surface area (Å²) in [6.45, 7) is 7.80. The van der Waals surface area contributed by atoms with Crippen LogP contribution < -0.4 is 5.32 Å². The second kappa shape index (κ2) is 7.09. The van der Waals surface area contributed by atoms with E-state index in [1.165, 1.54) is 0 Å². The normalized spacial score (nSPS) is 12.5. The minimum absolute atomic E-state index is 0.167. The topological polar surface area (TPSA) is 58.4 Å². The van der Waals surface area contributed by atoms with Gasteiger partial charge in [0.2, 0.25) is 0 Å². The highest BCUT2D eigenvalue weighted by atomic mass is 16.6. The molecule has 0 saturated heterocycles. The highest BCUT2D eigenvalue weighted by molar-refractivity contribution is 5.54. The average Bonchev–Trinajstić information content (AvgIpc) is 2.39. The van der Waals surface area contributed by atoms with E-state index in [-0.39, 0.29) is 10.6 Å². The van der Waals surface area contributed by atoms with Gasteiger partial charge in [0.05, 0.1) is 4.92 Å². The van der Waals surface area contributed by atoms with Gasteiger partial charge in [-0.3, -0.25) is 10.1 Å². The van der Waals surface area contributed by atoms with E-state index in [9.17, 15) is 10.1 Å². The maximum Gasteiger partial charge on any atom is 0.274 e. The number of rotatable bonds is 7. The van der Waals surface area contributed by atoms with Crippen LogP contribution in [0, 0.1) is 17.0 Å². The van der Waals surface area contributed by atoms with Gasteiger partial charge in [-0.05, 0) is 33.4 Å². The number of hydrogen-bond acceptors (Lipinski definition) is 4. The first-order valence-corrected chi connectivity index (χ1v) is 6.64. The van der Waals surface area contributed by atoms with E-state index in [4.69, 9.17) is 0 Å². The Morgan fingerprint density at radius 2 is 2.16 bits per heavy atom. The molecule has 0 fully saturated rings. The summed E-state index contributed by atoms with van der Waals surface area (Å²) < 4.78 is 0. The molecule has 0 aliphatic heterocycles. The minimum atomic E-state index is -0.341. The van der Waals surface area contributed by atoms with E-state index < -0.39 is 0 Å². The zero-order valence-electron chi connectivity index (χ0n) is 12.1. The molecule has 0 amide bonds. The standard InChI is InChI=1S/C14H23N3O2/c1-5-12(3)16(4)9-8-15-13-7-6-11(2)14(10-13)17(18)19/h6-7,10,12,15H,5,8-9H2,1-4H3. The molecule has 0 spiro atoms. The molecule has 106 valence electrons. The first-order valence-electron chi connectivity index (χ1n) is 6.64. The lowest BCUT2D eigenvalue weighted by molar-refractivity contribution is -0.385. The van der Waals surface area contributed by atoms with Crippen LogP contribution in [0.25, 0.3) is 0 Å². The Hall–Kier alpha value is -1.62. The van der Waals surface area contributed by atoms with E-state index in [0.717, 1.165) is 25.2 Å². The van der Waals surface area contributed by atoms with E-state index in [1.807, 2.05) is 6.07 Å². The molecule has 0 bridgehead atoms. The van der Waals surface area contributed by atoms with Crippen LogP contribution in [-0.4, -0.2) is 36.0 Å². The summed E-state index contributed by atoms with van der Waals surface area (Å²) in [6, 6.07) is 5.80. The highest BCUT2D eigenvalue weighted by Crippen LogP contribution is 2.22. The van der Waals surface area contributed by atoms with Gasteiger partial charge in [-0.2, -0.15) is 0 Å². The molecule has 1 unspecified atom stereocenters. The summed E-state index contributed by atoms with van der Waals surface area (Å²) in [6.07, 6.45) is 1.12. The zero-order valence-corrected chi connectivity index (χ0v) is 12.1. The lowest BCUT2D eigenvalue weighted by atomic mass is 10.2. The molecule has 1 aromatic rings. The maximum absolute atomic E-state index is 10.9. The molecule has 0 aliphatic carbocycles. The smallest absolute Gasteiger partial charge is 0.274 e. The van der Waals surface area contributed by atoms with Gasteiger partial charge in [0, 0.05) is 36.4 Å². The van der Waals surface area contributed by atoms with Crippen molar-refractivity contribution >= 4 is 11.4 Å². The van der Waals surface area contributed by atoms with Crippen molar-refractivity contribution in [3.8, 4) is 0 Å². The van der Waals surface area contributed by atoms with Gasteiger partial charge < -0.3 is 10.2 Å². The number of nitro groups is 1. The summed E-state index contributed by atoms with van der Waals surface area (Å²) in [5, 5.41) is 14.1. The Morgan fingerprint density at radius 1 is 1.47 bits per heavy atom. The van der Waals surface area contributed by atoms with Crippen LogP contribution in [0.4, 0.5) is 11.4 Å². The molecule has 0 aromatic heterocycles. The second-order valence-electron chi connectivity index (χ2n) is 4.92. The molecule has 1 rings (SSSR count). The fraction of sp³-hybridized carbons (Fsp3) is 0.571. The van der Waals surface area contributed by atoms with Crippen LogP contribution in [0.5, 0.6) is 0 Å². The summed E-state index contributed by atoms with van der Waals surface area (Å²) in [4.78, 5) is 12.8. The minimum Gasteiger partial charge on any atom is -0.384 e. The predicted molar refractivity (Wildman–Crippen MR) is 78.7 cm³/mol. The van der Waals surface area contributed by atoms with Crippen LogP contribution in [-0.2, 0) is 0 Å². The number of nitrogens with zero attached hydrogens (tertiary/aromatic N) is 2. The monoisotopic (exact) mass is 265 g/mol. The van der Waals surface area contributed by atoms with Crippen molar-refractivity contribution in [2.45, 2.75) is 33.2 Å². The number of nitrogens with one attached hydrogen (secondary N) is 1. The van der Waals surface area contributed by atoms with E-state index in [1.54, 1.807) is 19.1 Å². The number of anilines is 1. The molecule has 0 aliphatic rings. The van der Waals surface area contributed by atoms with Crippen LogP contribution in [0.3, 0.4) is 0 Å². The molecule has 19 heavy (non-hydrogen) atoms. The van der Waals surface area contributed by atoms with Gasteiger partial charge in [0.1, 0.15) is 0 Å². The van der Waals surface area contributed by atoms with E-state index >= 15 is 0 Å². The van der Waals surface area contributed by atoms with Crippen molar-refractivity contribution in [3.05, 3.63) is 33.9 Å². The molecule has 5 nitrogen and oxygen atoms in total. The summed E-state index contributed by atoms with van der Waals surface area (Å²) in [7, 11) is 2.09. The molecule has 1 aromatic carbocycles. The Labute approximate surface area is 114 Å². The summed E-state index contributed by atoms with van der Waals surface area (Å²) >= 11 is 0. The number of hydrogen-bond donors (Lipinski definition) is 1. The Kier molecular flexibility index (Phi) is 5.76. The average molecular weight is 265 g/mol. The van der Waals surface area contributed by atoms with Crippen molar-refractivity contribution in [2.24, 2.45) is 0 Å². The second-order valence-corrected chi connectivity index (χ2v) is 4.92. The molecule has 0 saturated carbocycles. The largest absolute Gasteiger partial charge is 0.384 e. The molecular weight excluding hydrogens is 242 g/mol. The van der Waals surface area contributed by atoms with Crippen molar-refractivity contribution in [2.75, 3.05) is 25.5 Å². The van der Waals surface area contributed by atoms with Crippen LogP contribution in [0.2, 0.25) is 0 Å². The van der Waals surface area contributed by atoms with Gasteiger partial charge >= 0.3 is 0 Å². The molecule has 5 heteroatoms. The Morgan fingerprint density at radius 3 is 2.74 bits per heavy atom. The third-order valence-corrected chi connectivity index (χ3v) is 3.54. The number of aryl methyl sites for hydroxylation is 1. The van der Waals surface area contributed by atoms with Gasteiger partial charge in [-0.1, -0.05) is 13.0 Å². The molecule has 1 N–H and O–H groups in total. The SMILES string of the molecule is CCC(C)N(C)CCNc1ccc(C)c([N+](=O)[O-])c1. The fourth-order valence-corrected chi connectivity index (χ4v) is 1.82. The van der Waals surface area contributed by atoms with E-state index in [0.29, 0.717) is 11.6 Å². The fourth-order valence-electron chi connectivity index (χ4n) is 1.82. The van der Waals surface area contributed by atoms with Gasteiger partial charge in [-0.25, -0.2) is 0 Å². The van der Waals surface area contributed by atoms with Gasteiger partial charge in [0.15, 0.2) is 0 Å². The number of likely N-dealkylation sites (N-methyl/N-ethyl adjacent to an activating group) is 1. The predicted octanol–water partition coefficient (Wildman–Crippen LogP) is 3.05. The molecular formula is C14H23N3O2. The summed E-state index contributed by atoms with van der Waals surface area (Å²) in [5.41, 5.74) is 1.66. The third-order valence-electron chi connectivity index (χ3n) is 3.54. The lowest BCUT2D eigenvalue weighted by Gasteiger charge is -2.23. The van der Waals surface area contributed by atoms with Crippen molar-refractivity contribution < 1.29 is 4.92 Å². The maximum atomic E-state index is 10.9. The summed E-state index contributed by atoms with van der Waals surface area (Å²) in [5.74, 6) is 0. The number of nitro benzene ring substituents is 1. The van der Waals surface area contributed by atoms with E-state index in [2.05, 4.69) is 31.1 Å². The lowest BCUT2D eigenvalue weighted by Crippen LogP contribution is -2.32. The molecule has 1 atom stereocenters. The first kappa shape index (κ1) is 15.4. The number of benzene rings is 1. The Bertz CT molecular complexity index is 435. The molecule has 0 heterocycles. The third kappa shape index (κ3) is 4.52. The Balaban J connectivity index is 2.54. The van der Waals surface area contributed by atoms with Crippen molar-refractivity contribution in [1.29, 1.82) is 0 Å². The first-order chi connectivity index (χ1) is 8.95. The van der Waals surface area contributed by atoms with Gasteiger partial charge in [0.25, 0.3) is 5.69 Å². The van der Waals surface area contributed by atoms with Crippen LogP contribution >= 0.6 is 0 Å². The zero-order chi connectivity index (χ0) is 14.4. The molecule has 0 radical (unpaired) electrons. The quantitative estimate of drug-likeness (QED) is 0.608. The van der Waals surface area contributed by atoms with Crippen molar-refractivity contribution in [1.82, 2.24) is 4.90 Å². The van der Waals surface area contributed by atoms with Gasteiger partial charge in [-0.15, -0.1) is 0 Å². The highest BCUT2D eigenvalue weighted by Gasteiger charge is 2.11. The van der Waals surface area contributed by atoms with Crippen LogP contribution in [0.1, 0.15) is 25.8 Å².